The number of hydrogen-bond acceptors (Lipinski definition) is 2. The van der Waals surface area contributed by atoms with Gasteiger partial charge in [-0.1, -0.05) is 31.5 Å². The van der Waals surface area contributed by atoms with Crippen molar-refractivity contribution in [3.8, 4) is 0 Å². The minimum Gasteiger partial charge on any atom is -0.385 e. The second-order valence-corrected chi connectivity index (χ2v) is 5.36. The molecule has 0 atom stereocenters. The molecule has 2 N–H and O–H groups in total. The maximum absolute atomic E-state index is 12.6. The summed E-state index contributed by atoms with van der Waals surface area (Å²) in [6, 6.07) is 9.47. The molecule has 0 bridgehead atoms. The largest absolute Gasteiger partial charge is 0.385 e. The molecule has 0 spiro atoms. The first-order valence-electron chi connectivity index (χ1n) is 6.38. The number of anilines is 1. The van der Waals surface area contributed by atoms with E-state index in [0.29, 0.717) is 5.82 Å². The van der Waals surface area contributed by atoms with Crippen LogP contribution in [0.4, 0.5) is 5.82 Å². The van der Waals surface area contributed by atoms with E-state index in [9.17, 15) is 4.79 Å². The molecule has 1 aromatic carbocycles. The highest BCUT2D eigenvalue weighted by Gasteiger charge is 2.23. The van der Waals surface area contributed by atoms with E-state index in [1.165, 1.54) is 0 Å². The van der Waals surface area contributed by atoms with Crippen molar-refractivity contribution in [2.24, 2.45) is 0 Å². The number of pyridine rings is 1. The van der Waals surface area contributed by atoms with E-state index in [2.05, 4.69) is 20.8 Å². The molecule has 1 heterocycles. The van der Waals surface area contributed by atoms with Gasteiger partial charge >= 0.3 is 0 Å². The Kier molecular flexibility index (Phi) is 3.16. The highest BCUT2D eigenvalue weighted by atomic mass is 16.1. The Balaban J connectivity index is 2.76. The summed E-state index contributed by atoms with van der Waals surface area (Å²) in [6.45, 7) is 6.23. The standard InChI is InChI=1S/C15H20N2O/c1-4-9-15(2,3)17-13(16)10-11-7-5-6-8-12(11)14(17)18/h5-8,10H,4,9,16H2,1-3H3. The Hall–Kier alpha value is -1.77. The van der Waals surface area contributed by atoms with Crippen molar-refractivity contribution in [2.45, 2.75) is 39.2 Å². The van der Waals surface area contributed by atoms with Crippen LogP contribution in [0.25, 0.3) is 10.8 Å². The number of benzene rings is 1. The van der Waals surface area contributed by atoms with Crippen LogP contribution in [0, 0.1) is 0 Å². The molecule has 2 rings (SSSR count). The molecule has 96 valence electrons. The minimum absolute atomic E-state index is 0.00375. The molecule has 0 aliphatic carbocycles. The molecule has 3 heteroatoms. The van der Waals surface area contributed by atoms with E-state index >= 15 is 0 Å². The highest BCUT2D eigenvalue weighted by Crippen LogP contribution is 2.24. The molecular weight excluding hydrogens is 224 g/mol. The van der Waals surface area contributed by atoms with Gasteiger partial charge in [-0.25, -0.2) is 0 Å². The van der Waals surface area contributed by atoms with Gasteiger partial charge in [0.1, 0.15) is 5.82 Å². The first kappa shape index (κ1) is 12.7. The fraction of sp³-hybridized carbons (Fsp3) is 0.400. The summed E-state index contributed by atoms with van der Waals surface area (Å²) in [6.07, 6.45) is 1.95. The number of aromatic nitrogens is 1. The van der Waals surface area contributed by atoms with Crippen LogP contribution in [-0.4, -0.2) is 4.57 Å². The molecule has 0 aliphatic heterocycles. The zero-order valence-corrected chi connectivity index (χ0v) is 11.2. The first-order valence-corrected chi connectivity index (χ1v) is 6.38. The molecule has 0 fully saturated rings. The molecule has 3 nitrogen and oxygen atoms in total. The third-order valence-electron chi connectivity index (χ3n) is 3.42. The lowest BCUT2D eigenvalue weighted by Gasteiger charge is -2.29. The van der Waals surface area contributed by atoms with Gasteiger partial charge in [0.15, 0.2) is 0 Å². The van der Waals surface area contributed by atoms with E-state index in [-0.39, 0.29) is 11.1 Å². The van der Waals surface area contributed by atoms with Crippen molar-refractivity contribution in [2.75, 3.05) is 5.73 Å². The Bertz CT molecular complexity index is 626. The lowest BCUT2D eigenvalue weighted by atomic mass is 9.97. The third-order valence-corrected chi connectivity index (χ3v) is 3.42. The fourth-order valence-corrected chi connectivity index (χ4v) is 2.63. The SMILES string of the molecule is CCCC(C)(C)n1c(N)cc2ccccc2c1=O. The molecule has 0 radical (unpaired) electrons. The van der Waals surface area contributed by atoms with E-state index < -0.39 is 0 Å². The predicted molar refractivity (Wildman–Crippen MR) is 76.9 cm³/mol. The van der Waals surface area contributed by atoms with Crippen molar-refractivity contribution in [1.29, 1.82) is 0 Å². The van der Waals surface area contributed by atoms with E-state index in [4.69, 9.17) is 5.73 Å². The average Bonchev–Trinajstić information content (AvgIpc) is 2.28. The molecule has 2 aromatic rings. The lowest BCUT2D eigenvalue weighted by molar-refractivity contribution is 0.321. The van der Waals surface area contributed by atoms with Gasteiger partial charge < -0.3 is 5.73 Å². The zero-order chi connectivity index (χ0) is 13.3. The number of nitrogens with two attached hydrogens (primary N) is 1. The summed E-state index contributed by atoms with van der Waals surface area (Å²) in [7, 11) is 0. The van der Waals surface area contributed by atoms with Crippen LogP contribution >= 0.6 is 0 Å². The summed E-state index contributed by atoms with van der Waals surface area (Å²) in [5, 5.41) is 1.64. The van der Waals surface area contributed by atoms with Gasteiger partial charge in [0, 0.05) is 10.9 Å². The quantitative estimate of drug-likeness (QED) is 0.901. The van der Waals surface area contributed by atoms with Crippen LogP contribution in [0.3, 0.4) is 0 Å². The summed E-state index contributed by atoms with van der Waals surface area (Å²) in [5.74, 6) is 0.539. The van der Waals surface area contributed by atoms with Crippen molar-refractivity contribution >= 4 is 16.6 Å². The topological polar surface area (TPSA) is 48.0 Å². The smallest absolute Gasteiger partial charge is 0.260 e. The molecule has 0 saturated heterocycles. The van der Waals surface area contributed by atoms with Gasteiger partial charge in [0.2, 0.25) is 0 Å². The highest BCUT2D eigenvalue weighted by molar-refractivity contribution is 5.83. The number of rotatable bonds is 3. The fourth-order valence-electron chi connectivity index (χ4n) is 2.63. The van der Waals surface area contributed by atoms with Crippen LogP contribution in [0.5, 0.6) is 0 Å². The molecule has 0 unspecified atom stereocenters. The minimum atomic E-state index is -0.250. The second-order valence-electron chi connectivity index (χ2n) is 5.36. The van der Waals surface area contributed by atoms with Crippen LogP contribution in [-0.2, 0) is 5.54 Å². The van der Waals surface area contributed by atoms with Crippen molar-refractivity contribution < 1.29 is 0 Å². The predicted octanol–water partition coefficient (Wildman–Crippen LogP) is 3.12. The Labute approximate surface area is 107 Å². The van der Waals surface area contributed by atoms with Crippen LogP contribution < -0.4 is 11.3 Å². The van der Waals surface area contributed by atoms with Gasteiger partial charge in [-0.2, -0.15) is 0 Å². The first-order chi connectivity index (χ1) is 8.47. The van der Waals surface area contributed by atoms with E-state index in [0.717, 1.165) is 23.6 Å². The van der Waals surface area contributed by atoms with Crippen molar-refractivity contribution in [3.63, 3.8) is 0 Å². The number of nitrogens with zero attached hydrogens (tertiary/aromatic N) is 1. The van der Waals surface area contributed by atoms with Gasteiger partial charge in [-0.15, -0.1) is 0 Å². The summed E-state index contributed by atoms with van der Waals surface area (Å²) in [5.41, 5.74) is 5.82. The number of fused-ring (bicyclic) bond motifs is 1. The lowest BCUT2D eigenvalue weighted by Crippen LogP contribution is -2.37. The average molecular weight is 244 g/mol. The van der Waals surface area contributed by atoms with E-state index in [1.54, 1.807) is 4.57 Å². The Morgan fingerprint density at radius 2 is 1.94 bits per heavy atom. The third kappa shape index (κ3) is 2.01. The molecule has 1 aromatic heterocycles. The normalized spacial score (nSPS) is 11.9. The van der Waals surface area contributed by atoms with Crippen molar-refractivity contribution in [1.82, 2.24) is 4.57 Å². The molecule has 0 saturated carbocycles. The zero-order valence-electron chi connectivity index (χ0n) is 11.2. The number of nitrogen functional groups attached to an aromatic ring is 1. The summed E-state index contributed by atoms with van der Waals surface area (Å²) < 4.78 is 1.72. The van der Waals surface area contributed by atoms with Gasteiger partial charge in [-0.05, 0) is 37.8 Å². The summed E-state index contributed by atoms with van der Waals surface area (Å²) in [4.78, 5) is 12.6. The summed E-state index contributed by atoms with van der Waals surface area (Å²) >= 11 is 0. The second kappa shape index (κ2) is 4.48. The van der Waals surface area contributed by atoms with Crippen LogP contribution in [0.15, 0.2) is 35.1 Å². The molecule has 18 heavy (non-hydrogen) atoms. The maximum Gasteiger partial charge on any atom is 0.260 e. The van der Waals surface area contributed by atoms with Gasteiger partial charge in [-0.3, -0.25) is 9.36 Å². The van der Waals surface area contributed by atoms with Crippen molar-refractivity contribution in [3.05, 3.63) is 40.7 Å². The van der Waals surface area contributed by atoms with Gasteiger partial charge in [0.05, 0.1) is 0 Å². The molecule has 0 aliphatic rings. The Morgan fingerprint density at radius 1 is 1.28 bits per heavy atom. The van der Waals surface area contributed by atoms with Gasteiger partial charge in [0.25, 0.3) is 5.56 Å². The van der Waals surface area contributed by atoms with E-state index in [1.807, 2.05) is 30.3 Å². The molecular formula is C15H20N2O. The molecule has 0 amide bonds. The Morgan fingerprint density at radius 3 is 2.61 bits per heavy atom. The monoisotopic (exact) mass is 244 g/mol. The number of hydrogen-bond donors (Lipinski definition) is 1. The van der Waals surface area contributed by atoms with Crippen LogP contribution in [0.2, 0.25) is 0 Å². The van der Waals surface area contributed by atoms with Crippen LogP contribution in [0.1, 0.15) is 33.6 Å². The maximum atomic E-state index is 12.6.